The Bertz CT molecular complexity index is 891. The zero-order chi connectivity index (χ0) is 19.6. The number of nitrogens with one attached hydrogen (secondary N) is 1. The lowest BCUT2D eigenvalue weighted by Crippen LogP contribution is -2.30. The number of anilines is 1. The van der Waals surface area contributed by atoms with Gasteiger partial charge in [-0.25, -0.2) is 0 Å². The van der Waals surface area contributed by atoms with Crippen LogP contribution in [-0.4, -0.2) is 50.3 Å². The van der Waals surface area contributed by atoms with E-state index < -0.39 is 0 Å². The van der Waals surface area contributed by atoms with Gasteiger partial charge in [-0.15, -0.1) is 0 Å². The Hall–Kier alpha value is -2.51. The molecule has 3 rings (SSSR count). The maximum atomic E-state index is 12.6. The fourth-order valence-electron chi connectivity index (χ4n) is 3.63. The molecular weight excluding hydrogens is 348 g/mol. The van der Waals surface area contributed by atoms with Crippen molar-refractivity contribution in [2.75, 3.05) is 39.8 Å². The molecule has 0 radical (unpaired) electrons. The van der Waals surface area contributed by atoms with Gasteiger partial charge in [0.2, 0.25) is 0 Å². The molecule has 1 aromatic carbocycles. The Morgan fingerprint density at radius 3 is 2.74 bits per heavy atom. The lowest BCUT2D eigenvalue weighted by atomic mass is 9.93. The minimum atomic E-state index is -0.115. The van der Waals surface area contributed by atoms with Crippen LogP contribution in [0.4, 0.5) is 5.82 Å². The number of methoxy groups -OCH3 is 3. The molecular formula is C20H26N2O5. The molecule has 0 spiro atoms. The summed E-state index contributed by atoms with van der Waals surface area (Å²) in [4.78, 5) is 12.6. The third kappa shape index (κ3) is 3.52. The number of hydrogen-bond acceptors (Lipinski definition) is 6. The highest BCUT2D eigenvalue weighted by Crippen LogP contribution is 2.41. The van der Waals surface area contributed by atoms with Gasteiger partial charge in [0.1, 0.15) is 5.82 Å². The lowest BCUT2D eigenvalue weighted by molar-refractivity contribution is 0.0365. The molecule has 27 heavy (non-hydrogen) atoms. The first-order valence-electron chi connectivity index (χ1n) is 8.91. The van der Waals surface area contributed by atoms with Gasteiger partial charge >= 0.3 is 0 Å². The summed E-state index contributed by atoms with van der Waals surface area (Å²) in [6.45, 7) is 3.49. The molecule has 0 aliphatic carbocycles. The Kier molecular flexibility index (Phi) is 5.72. The van der Waals surface area contributed by atoms with Crippen molar-refractivity contribution in [3.05, 3.63) is 39.5 Å². The highest BCUT2D eigenvalue weighted by molar-refractivity contribution is 5.75. The first kappa shape index (κ1) is 19.3. The van der Waals surface area contributed by atoms with Crippen LogP contribution in [0.25, 0.3) is 11.3 Å². The van der Waals surface area contributed by atoms with Crippen LogP contribution in [0, 0.1) is 6.92 Å². The van der Waals surface area contributed by atoms with E-state index in [2.05, 4.69) is 9.88 Å². The summed E-state index contributed by atoms with van der Waals surface area (Å²) in [5.41, 5.74) is 3.32. The molecule has 7 nitrogen and oxygen atoms in total. The minimum absolute atomic E-state index is 0.0376. The van der Waals surface area contributed by atoms with Crippen molar-refractivity contribution in [1.82, 2.24) is 4.57 Å². The molecule has 1 aliphatic heterocycles. The maximum Gasteiger partial charge on any atom is 0.187 e. The largest absolute Gasteiger partial charge is 0.504 e. The number of rotatable bonds is 7. The normalized spacial score (nSPS) is 13.6. The smallest absolute Gasteiger partial charge is 0.187 e. The van der Waals surface area contributed by atoms with Crippen LogP contribution in [0.15, 0.2) is 23.0 Å². The molecule has 1 aromatic heterocycles. The number of fused-ring (bicyclic) bond motifs is 3. The summed E-state index contributed by atoms with van der Waals surface area (Å²) in [5, 5.41) is 13.4. The summed E-state index contributed by atoms with van der Waals surface area (Å²) in [5.74, 6) is 1.33. The zero-order valence-corrected chi connectivity index (χ0v) is 16.2. The van der Waals surface area contributed by atoms with E-state index in [1.807, 2.05) is 13.0 Å². The average Bonchev–Trinajstić information content (AvgIpc) is 2.67. The predicted molar refractivity (Wildman–Crippen MR) is 104 cm³/mol. The number of aromatic hydroxyl groups is 1. The highest BCUT2D eigenvalue weighted by Gasteiger charge is 2.25. The van der Waals surface area contributed by atoms with Gasteiger partial charge in [0.05, 0.1) is 25.5 Å². The van der Waals surface area contributed by atoms with E-state index in [0.29, 0.717) is 37.4 Å². The standard InChI is InChI=1S/C20H26N2O5/c1-12-17(24)9-18(21-10-13(26-3)11-25-2)22-8-7-15-14(19(12)22)5-6-16(23)20(15)27-4/h5-6,9,13,21,23H,7-8,10-11H2,1-4H3. The fourth-order valence-corrected chi connectivity index (χ4v) is 3.63. The Morgan fingerprint density at radius 1 is 1.30 bits per heavy atom. The maximum absolute atomic E-state index is 12.6. The lowest BCUT2D eigenvalue weighted by Gasteiger charge is -2.29. The molecule has 0 saturated heterocycles. The van der Waals surface area contributed by atoms with E-state index in [0.717, 1.165) is 22.6 Å². The number of phenolic OH excluding ortho intramolecular Hbond substituents is 1. The second kappa shape index (κ2) is 8.02. The Morgan fingerprint density at radius 2 is 2.07 bits per heavy atom. The van der Waals surface area contributed by atoms with Crippen LogP contribution >= 0.6 is 0 Å². The molecule has 1 unspecified atom stereocenters. The molecule has 0 amide bonds. The van der Waals surface area contributed by atoms with Crippen LogP contribution in [-0.2, 0) is 22.4 Å². The third-order valence-electron chi connectivity index (χ3n) is 5.03. The summed E-state index contributed by atoms with van der Waals surface area (Å²) in [6, 6.07) is 5.08. The third-order valence-corrected chi connectivity index (χ3v) is 5.03. The quantitative estimate of drug-likeness (QED) is 0.773. The fraction of sp³-hybridized carbons (Fsp3) is 0.450. The molecule has 0 saturated carbocycles. The van der Waals surface area contributed by atoms with Gasteiger partial charge in [0.25, 0.3) is 0 Å². The number of aromatic nitrogens is 1. The van der Waals surface area contributed by atoms with Crippen molar-refractivity contribution in [2.45, 2.75) is 26.0 Å². The Balaban J connectivity index is 2.06. The van der Waals surface area contributed by atoms with Gasteiger partial charge in [-0.05, 0) is 25.5 Å². The first-order chi connectivity index (χ1) is 13.0. The van der Waals surface area contributed by atoms with E-state index in [1.165, 1.54) is 0 Å². The number of hydrogen-bond donors (Lipinski definition) is 2. The number of benzene rings is 1. The highest BCUT2D eigenvalue weighted by atomic mass is 16.5. The Labute approximate surface area is 158 Å². The summed E-state index contributed by atoms with van der Waals surface area (Å²) in [7, 11) is 4.81. The van der Waals surface area contributed by atoms with Gasteiger partial charge in [-0.3, -0.25) is 4.79 Å². The number of nitrogens with zero attached hydrogens (tertiary/aromatic N) is 1. The summed E-state index contributed by atoms with van der Waals surface area (Å²) in [6.07, 6.45) is 0.582. The van der Waals surface area contributed by atoms with E-state index in [1.54, 1.807) is 33.5 Å². The first-order valence-corrected chi connectivity index (χ1v) is 8.91. The van der Waals surface area contributed by atoms with Crippen molar-refractivity contribution in [1.29, 1.82) is 0 Å². The van der Waals surface area contributed by atoms with Crippen molar-refractivity contribution in [3.63, 3.8) is 0 Å². The number of ether oxygens (including phenoxy) is 3. The van der Waals surface area contributed by atoms with Crippen LogP contribution in [0.3, 0.4) is 0 Å². The van der Waals surface area contributed by atoms with Crippen molar-refractivity contribution < 1.29 is 19.3 Å². The van der Waals surface area contributed by atoms with Crippen LogP contribution in [0.5, 0.6) is 11.5 Å². The SMILES string of the molecule is COCC(CNc1cc(=O)c(C)c2n1CCc1c-2ccc(O)c1OC)OC. The van der Waals surface area contributed by atoms with Gasteiger partial charge in [-0.1, -0.05) is 0 Å². The molecule has 2 heterocycles. The van der Waals surface area contributed by atoms with E-state index >= 15 is 0 Å². The molecule has 7 heteroatoms. The van der Waals surface area contributed by atoms with Crippen LogP contribution in [0.2, 0.25) is 0 Å². The molecule has 0 bridgehead atoms. The molecule has 1 aliphatic rings. The summed E-state index contributed by atoms with van der Waals surface area (Å²) >= 11 is 0. The van der Waals surface area contributed by atoms with E-state index in [-0.39, 0.29) is 17.3 Å². The zero-order valence-electron chi connectivity index (χ0n) is 16.2. The van der Waals surface area contributed by atoms with E-state index in [4.69, 9.17) is 14.2 Å². The topological polar surface area (TPSA) is 82.0 Å². The molecule has 2 N–H and O–H groups in total. The van der Waals surface area contributed by atoms with Gasteiger partial charge < -0.3 is 29.2 Å². The van der Waals surface area contributed by atoms with Gasteiger partial charge in [-0.2, -0.15) is 0 Å². The molecule has 146 valence electrons. The van der Waals surface area contributed by atoms with Crippen LogP contribution < -0.4 is 15.5 Å². The molecule has 1 atom stereocenters. The number of pyridine rings is 1. The second-order valence-electron chi connectivity index (χ2n) is 6.61. The summed E-state index contributed by atoms with van der Waals surface area (Å²) < 4.78 is 18.0. The predicted octanol–water partition coefficient (Wildman–Crippen LogP) is 2.17. The van der Waals surface area contributed by atoms with Crippen LogP contribution in [0.1, 0.15) is 11.1 Å². The van der Waals surface area contributed by atoms with Gasteiger partial charge in [0.15, 0.2) is 16.9 Å². The van der Waals surface area contributed by atoms with Gasteiger partial charge in [0, 0.05) is 50.1 Å². The second-order valence-corrected chi connectivity index (χ2v) is 6.61. The molecule has 2 aromatic rings. The van der Waals surface area contributed by atoms with Crippen molar-refractivity contribution in [2.24, 2.45) is 0 Å². The average molecular weight is 374 g/mol. The monoisotopic (exact) mass is 374 g/mol. The van der Waals surface area contributed by atoms with Crippen molar-refractivity contribution >= 4 is 5.82 Å². The molecule has 0 fully saturated rings. The van der Waals surface area contributed by atoms with E-state index in [9.17, 15) is 9.90 Å². The number of phenols is 1. The van der Waals surface area contributed by atoms with Crippen molar-refractivity contribution in [3.8, 4) is 22.8 Å². The minimum Gasteiger partial charge on any atom is -0.504 e.